The maximum atomic E-state index is 13.0. The van der Waals surface area contributed by atoms with Gasteiger partial charge in [0.15, 0.2) is 0 Å². The summed E-state index contributed by atoms with van der Waals surface area (Å²) in [4.78, 5) is 0. The van der Waals surface area contributed by atoms with Crippen molar-refractivity contribution >= 4 is 0 Å². The van der Waals surface area contributed by atoms with E-state index in [1.165, 1.54) is 17.8 Å². The molecule has 0 aliphatic heterocycles. The lowest BCUT2D eigenvalue weighted by atomic mass is 10.0. The van der Waals surface area contributed by atoms with Crippen molar-refractivity contribution in [2.75, 3.05) is 6.54 Å². The van der Waals surface area contributed by atoms with Crippen LogP contribution in [0, 0.1) is 12.7 Å². The van der Waals surface area contributed by atoms with Gasteiger partial charge in [-0.1, -0.05) is 19.1 Å². The number of benzene rings is 1. The average molecular weight is 289 g/mol. The van der Waals surface area contributed by atoms with Crippen LogP contribution in [0.15, 0.2) is 30.3 Å². The van der Waals surface area contributed by atoms with Crippen LogP contribution in [0.5, 0.6) is 0 Å². The van der Waals surface area contributed by atoms with Crippen LogP contribution < -0.4 is 5.32 Å². The quantitative estimate of drug-likeness (QED) is 0.849. The normalized spacial score (nSPS) is 12.6. The standard InChI is InChI=1S/C17H24FN3/c1-4-9-19-16(11-14-5-7-15(18)8-6-14)12-17-10-13(2)20-21(17)3/h5-8,10,16,19H,4,9,11-12H2,1-3H3. The summed E-state index contributed by atoms with van der Waals surface area (Å²) in [6.07, 6.45) is 2.92. The third-order valence-electron chi connectivity index (χ3n) is 3.63. The zero-order valence-electron chi connectivity index (χ0n) is 13.1. The monoisotopic (exact) mass is 289 g/mol. The van der Waals surface area contributed by atoms with E-state index in [9.17, 15) is 4.39 Å². The topological polar surface area (TPSA) is 29.9 Å². The lowest BCUT2D eigenvalue weighted by molar-refractivity contribution is 0.490. The van der Waals surface area contributed by atoms with Crippen molar-refractivity contribution in [3.63, 3.8) is 0 Å². The Labute approximate surface area is 126 Å². The number of hydrogen-bond donors (Lipinski definition) is 1. The number of halogens is 1. The highest BCUT2D eigenvalue weighted by Crippen LogP contribution is 2.11. The molecule has 21 heavy (non-hydrogen) atoms. The Bertz CT molecular complexity index is 560. The van der Waals surface area contributed by atoms with E-state index < -0.39 is 0 Å². The highest BCUT2D eigenvalue weighted by Gasteiger charge is 2.13. The van der Waals surface area contributed by atoms with Gasteiger partial charge in [0.25, 0.3) is 0 Å². The molecule has 1 aromatic carbocycles. The third kappa shape index (κ3) is 4.67. The summed E-state index contributed by atoms with van der Waals surface area (Å²) in [5.74, 6) is -0.181. The number of aromatic nitrogens is 2. The molecule has 2 aromatic rings. The first-order chi connectivity index (χ1) is 10.1. The van der Waals surface area contributed by atoms with Gasteiger partial charge < -0.3 is 5.32 Å². The summed E-state index contributed by atoms with van der Waals surface area (Å²) < 4.78 is 14.9. The van der Waals surface area contributed by atoms with E-state index in [1.807, 2.05) is 30.8 Å². The minimum Gasteiger partial charge on any atom is -0.313 e. The fourth-order valence-electron chi connectivity index (χ4n) is 2.58. The second-order valence-corrected chi connectivity index (χ2v) is 5.59. The number of rotatable bonds is 7. The summed E-state index contributed by atoms with van der Waals surface area (Å²) in [6, 6.07) is 9.26. The minimum atomic E-state index is -0.181. The minimum absolute atomic E-state index is 0.181. The molecule has 0 radical (unpaired) electrons. The van der Waals surface area contributed by atoms with Crippen LogP contribution in [0.4, 0.5) is 4.39 Å². The molecule has 1 heterocycles. The molecule has 0 bridgehead atoms. The first-order valence-electron chi connectivity index (χ1n) is 7.56. The van der Waals surface area contributed by atoms with E-state index in [-0.39, 0.29) is 5.82 Å². The van der Waals surface area contributed by atoms with E-state index in [0.29, 0.717) is 6.04 Å². The van der Waals surface area contributed by atoms with Crippen molar-refractivity contribution in [3.8, 4) is 0 Å². The zero-order chi connectivity index (χ0) is 15.2. The molecule has 1 aromatic heterocycles. The molecule has 0 spiro atoms. The lowest BCUT2D eigenvalue weighted by Crippen LogP contribution is -2.34. The van der Waals surface area contributed by atoms with E-state index in [2.05, 4.69) is 23.4 Å². The molecule has 4 heteroatoms. The fraction of sp³-hybridized carbons (Fsp3) is 0.471. The second-order valence-electron chi connectivity index (χ2n) is 5.59. The van der Waals surface area contributed by atoms with Crippen molar-refractivity contribution < 1.29 is 4.39 Å². The molecule has 0 aliphatic rings. The molecule has 2 rings (SSSR count). The maximum absolute atomic E-state index is 13.0. The van der Waals surface area contributed by atoms with Crippen molar-refractivity contribution in [1.82, 2.24) is 15.1 Å². The van der Waals surface area contributed by atoms with Gasteiger partial charge in [0, 0.05) is 25.2 Å². The molecule has 1 atom stereocenters. The van der Waals surface area contributed by atoms with E-state index in [1.54, 1.807) is 0 Å². The molecule has 0 amide bonds. The summed E-state index contributed by atoms with van der Waals surface area (Å²) in [7, 11) is 1.98. The average Bonchev–Trinajstić information content (AvgIpc) is 2.76. The van der Waals surface area contributed by atoms with Crippen molar-refractivity contribution in [2.24, 2.45) is 7.05 Å². The fourth-order valence-corrected chi connectivity index (χ4v) is 2.58. The van der Waals surface area contributed by atoms with E-state index in [0.717, 1.165) is 37.1 Å². The van der Waals surface area contributed by atoms with Gasteiger partial charge >= 0.3 is 0 Å². The molecule has 0 fully saturated rings. The Kier molecular flexibility index (Phi) is 5.51. The Morgan fingerprint density at radius 2 is 1.95 bits per heavy atom. The van der Waals surface area contributed by atoms with Crippen LogP contribution in [0.3, 0.4) is 0 Å². The van der Waals surface area contributed by atoms with Crippen molar-refractivity contribution in [2.45, 2.75) is 39.2 Å². The van der Waals surface area contributed by atoms with E-state index >= 15 is 0 Å². The zero-order valence-corrected chi connectivity index (χ0v) is 13.1. The highest BCUT2D eigenvalue weighted by molar-refractivity contribution is 5.18. The number of nitrogens with zero attached hydrogens (tertiary/aromatic N) is 2. The number of aryl methyl sites for hydroxylation is 2. The summed E-state index contributed by atoms with van der Waals surface area (Å²) in [5.41, 5.74) is 3.43. The molecule has 114 valence electrons. The molecular formula is C17H24FN3. The molecular weight excluding hydrogens is 265 g/mol. The number of hydrogen-bond acceptors (Lipinski definition) is 2. The van der Waals surface area contributed by atoms with Gasteiger partial charge in [-0.05, 0) is 50.1 Å². The van der Waals surface area contributed by atoms with Crippen LogP contribution in [0.25, 0.3) is 0 Å². The Balaban J connectivity index is 2.06. The number of nitrogens with one attached hydrogen (secondary N) is 1. The van der Waals surface area contributed by atoms with Gasteiger partial charge in [-0.15, -0.1) is 0 Å². The summed E-state index contributed by atoms with van der Waals surface area (Å²) in [5, 5.41) is 7.98. The third-order valence-corrected chi connectivity index (χ3v) is 3.63. The van der Waals surface area contributed by atoms with Gasteiger partial charge in [0.05, 0.1) is 5.69 Å². The largest absolute Gasteiger partial charge is 0.313 e. The van der Waals surface area contributed by atoms with Gasteiger partial charge in [0.1, 0.15) is 5.82 Å². The van der Waals surface area contributed by atoms with Crippen LogP contribution in [0.2, 0.25) is 0 Å². The smallest absolute Gasteiger partial charge is 0.123 e. The molecule has 3 nitrogen and oxygen atoms in total. The molecule has 1 unspecified atom stereocenters. The highest BCUT2D eigenvalue weighted by atomic mass is 19.1. The first-order valence-corrected chi connectivity index (χ1v) is 7.56. The summed E-state index contributed by atoms with van der Waals surface area (Å²) in [6.45, 7) is 5.16. The van der Waals surface area contributed by atoms with Crippen molar-refractivity contribution in [3.05, 3.63) is 53.1 Å². The van der Waals surface area contributed by atoms with Gasteiger partial charge in [-0.3, -0.25) is 4.68 Å². The van der Waals surface area contributed by atoms with Gasteiger partial charge in [-0.2, -0.15) is 5.10 Å². The molecule has 0 saturated heterocycles. The second kappa shape index (κ2) is 7.36. The van der Waals surface area contributed by atoms with Crippen molar-refractivity contribution in [1.29, 1.82) is 0 Å². The predicted octanol–water partition coefficient (Wildman–Crippen LogP) is 3.02. The van der Waals surface area contributed by atoms with Crippen LogP contribution in [-0.2, 0) is 19.9 Å². The van der Waals surface area contributed by atoms with E-state index in [4.69, 9.17) is 0 Å². The molecule has 0 aliphatic carbocycles. The lowest BCUT2D eigenvalue weighted by Gasteiger charge is -2.19. The Morgan fingerprint density at radius 3 is 2.52 bits per heavy atom. The Hall–Kier alpha value is -1.68. The van der Waals surface area contributed by atoms with Gasteiger partial charge in [0.2, 0.25) is 0 Å². The molecule has 1 N–H and O–H groups in total. The summed E-state index contributed by atoms with van der Waals surface area (Å²) >= 11 is 0. The van der Waals surface area contributed by atoms with Crippen LogP contribution >= 0.6 is 0 Å². The maximum Gasteiger partial charge on any atom is 0.123 e. The Morgan fingerprint density at radius 1 is 1.24 bits per heavy atom. The SMILES string of the molecule is CCCNC(Cc1ccc(F)cc1)Cc1cc(C)nn1C. The first kappa shape index (κ1) is 15.7. The van der Waals surface area contributed by atoms with Crippen LogP contribution in [-0.4, -0.2) is 22.4 Å². The predicted molar refractivity (Wildman–Crippen MR) is 83.8 cm³/mol. The molecule has 0 saturated carbocycles. The van der Waals surface area contributed by atoms with Gasteiger partial charge in [-0.25, -0.2) is 4.39 Å². The van der Waals surface area contributed by atoms with Crippen LogP contribution in [0.1, 0.15) is 30.3 Å².